The molecule has 0 radical (unpaired) electrons. The average molecular weight is 278 g/mol. The summed E-state index contributed by atoms with van der Waals surface area (Å²) in [7, 11) is 0. The number of carboxylic acids is 1. The van der Waals surface area contributed by atoms with Gasteiger partial charge in [-0.15, -0.1) is 5.10 Å². The van der Waals surface area contributed by atoms with Crippen molar-refractivity contribution in [3.63, 3.8) is 0 Å². The van der Waals surface area contributed by atoms with Gasteiger partial charge in [-0.2, -0.15) is 4.98 Å². The Morgan fingerprint density at radius 1 is 1.63 bits per heavy atom. The molecule has 19 heavy (non-hydrogen) atoms. The molecule has 0 saturated carbocycles. The third-order valence-electron chi connectivity index (χ3n) is 2.69. The van der Waals surface area contributed by atoms with Gasteiger partial charge in [0.05, 0.1) is 6.26 Å². The molecule has 0 bridgehead atoms. The molecular formula is C11H10N4O3S. The number of nitrogens with zero attached hydrogens (tertiary/aromatic N) is 3. The maximum Gasteiger partial charge on any atom is 0.352 e. The standard InChI is InChI=1S/C11H10N4O3S/c1-19-11-13-10-12-6(9(16)17)5-7(15(10)14-11)8-3-2-4-18-8/h2-5,7H,1H3,(H,16,17)(H,12,13,14)/t7-/m0/s1. The molecule has 0 amide bonds. The number of anilines is 1. The number of carbonyl (C=O) groups is 1. The van der Waals surface area contributed by atoms with E-state index in [1.54, 1.807) is 22.9 Å². The van der Waals surface area contributed by atoms with Gasteiger partial charge in [0.25, 0.3) is 0 Å². The lowest BCUT2D eigenvalue weighted by atomic mass is 10.1. The molecule has 3 rings (SSSR count). The summed E-state index contributed by atoms with van der Waals surface area (Å²) in [6.07, 6.45) is 4.94. The van der Waals surface area contributed by atoms with E-state index in [1.807, 2.05) is 6.26 Å². The van der Waals surface area contributed by atoms with E-state index in [1.165, 1.54) is 18.0 Å². The van der Waals surface area contributed by atoms with Gasteiger partial charge in [-0.05, 0) is 24.5 Å². The van der Waals surface area contributed by atoms with E-state index >= 15 is 0 Å². The molecule has 8 heteroatoms. The number of thioether (sulfide) groups is 1. The summed E-state index contributed by atoms with van der Waals surface area (Å²) >= 11 is 1.39. The minimum atomic E-state index is -1.04. The molecule has 7 nitrogen and oxygen atoms in total. The summed E-state index contributed by atoms with van der Waals surface area (Å²) in [5, 5.41) is 16.7. The third-order valence-corrected chi connectivity index (χ3v) is 3.23. The number of hydrogen-bond acceptors (Lipinski definition) is 6. The van der Waals surface area contributed by atoms with Crippen molar-refractivity contribution in [1.29, 1.82) is 0 Å². The summed E-state index contributed by atoms with van der Waals surface area (Å²) < 4.78 is 6.95. The highest BCUT2D eigenvalue weighted by Gasteiger charge is 2.28. The van der Waals surface area contributed by atoms with Crippen LogP contribution in [0.2, 0.25) is 0 Å². The van der Waals surface area contributed by atoms with Crippen LogP contribution in [0.3, 0.4) is 0 Å². The van der Waals surface area contributed by atoms with E-state index in [0.717, 1.165) is 0 Å². The first-order valence-electron chi connectivity index (χ1n) is 5.45. The zero-order valence-electron chi connectivity index (χ0n) is 9.90. The number of aliphatic carboxylic acids is 1. The second-order valence-electron chi connectivity index (χ2n) is 3.84. The topological polar surface area (TPSA) is 93.2 Å². The summed E-state index contributed by atoms with van der Waals surface area (Å²) in [6.45, 7) is 0. The largest absolute Gasteiger partial charge is 0.477 e. The summed E-state index contributed by atoms with van der Waals surface area (Å²) in [5.74, 6) is -0.0405. The Kier molecular flexibility index (Phi) is 2.79. The summed E-state index contributed by atoms with van der Waals surface area (Å²) in [6, 6.07) is 3.11. The molecule has 2 aromatic heterocycles. The van der Waals surface area contributed by atoms with Gasteiger partial charge in [-0.3, -0.25) is 0 Å². The van der Waals surface area contributed by atoms with Gasteiger partial charge in [0.15, 0.2) is 0 Å². The van der Waals surface area contributed by atoms with Crippen LogP contribution in [0.15, 0.2) is 39.7 Å². The van der Waals surface area contributed by atoms with Crippen LogP contribution in [0.4, 0.5) is 5.95 Å². The van der Waals surface area contributed by atoms with Crippen LogP contribution in [0.1, 0.15) is 11.8 Å². The highest BCUT2D eigenvalue weighted by atomic mass is 32.2. The predicted molar refractivity (Wildman–Crippen MR) is 68.0 cm³/mol. The first kappa shape index (κ1) is 11.8. The van der Waals surface area contributed by atoms with Crippen LogP contribution >= 0.6 is 11.8 Å². The lowest BCUT2D eigenvalue weighted by Gasteiger charge is -2.20. The second kappa shape index (κ2) is 4.47. The first-order valence-corrected chi connectivity index (χ1v) is 6.67. The third kappa shape index (κ3) is 1.99. The molecule has 3 heterocycles. The van der Waals surface area contributed by atoms with Gasteiger partial charge in [-0.1, -0.05) is 11.8 Å². The second-order valence-corrected chi connectivity index (χ2v) is 4.61. The highest BCUT2D eigenvalue weighted by molar-refractivity contribution is 7.98. The SMILES string of the molecule is CSc1nc2n(n1)[C@H](c1ccco1)C=C(C(=O)O)N2. The molecule has 0 spiro atoms. The summed E-state index contributed by atoms with van der Waals surface area (Å²) in [4.78, 5) is 15.4. The fraction of sp³-hybridized carbons (Fsp3) is 0.182. The minimum Gasteiger partial charge on any atom is -0.477 e. The van der Waals surface area contributed by atoms with Gasteiger partial charge in [0.2, 0.25) is 11.1 Å². The van der Waals surface area contributed by atoms with Crippen LogP contribution in [-0.2, 0) is 4.79 Å². The normalized spacial score (nSPS) is 17.5. The van der Waals surface area contributed by atoms with Crippen LogP contribution in [0.5, 0.6) is 0 Å². The molecule has 1 atom stereocenters. The molecule has 0 aromatic carbocycles. The Morgan fingerprint density at radius 2 is 2.47 bits per heavy atom. The van der Waals surface area contributed by atoms with Gasteiger partial charge < -0.3 is 14.8 Å². The van der Waals surface area contributed by atoms with Crippen LogP contribution in [0.25, 0.3) is 0 Å². The van der Waals surface area contributed by atoms with Gasteiger partial charge in [0, 0.05) is 0 Å². The number of fused-ring (bicyclic) bond motifs is 1. The number of hydrogen-bond donors (Lipinski definition) is 2. The predicted octanol–water partition coefficient (Wildman–Crippen LogP) is 1.58. The molecule has 1 aliphatic rings. The van der Waals surface area contributed by atoms with E-state index < -0.39 is 12.0 Å². The fourth-order valence-electron chi connectivity index (χ4n) is 1.85. The zero-order chi connectivity index (χ0) is 13.4. The van der Waals surface area contributed by atoms with E-state index in [9.17, 15) is 4.79 Å². The van der Waals surface area contributed by atoms with Gasteiger partial charge in [0.1, 0.15) is 17.5 Å². The highest BCUT2D eigenvalue weighted by Crippen LogP contribution is 2.30. The van der Waals surface area contributed by atoms with Crippen molar-refractivity contribution in [3.05, 3.63) is 35.9 Å². The maximum absolute atomic E-state index is 11.1. The Labute approximate surface area is 112 Å². The summed E-state index contributed by atoms with van der Waals surface area (Å²) in [5.41, 5.74) is 0.0638. The smallest absolute Gasteiger partial charge is 0.352 e. The molecule has 0 unspecified atom stereocenters. The quantitative estimate of drug-likeness (QED) is 0.823. The molecule has 0 saturated heterocycles. The lowest BCUT2D eigenvalue weighted by molar-refractivity contribution is -0.132. The van der Waals surface area contributed by atoms with Crippen LogP contribution in [0, 0.1) is 0 Å². The molecule has 1 aliphatic heterocycles. The molecule has 0 fully saturated rings. The van der Waals surface area contributed by atoms with Crippen molar-refractivity contribution >= 4 is 23.7 Å². The number of carboxylic acid groups (broad SMARTS) is 1. The van der Waals surface area contributed by atoms with Gasteiger partial charge >= 0.3 is 5.97 Å². The number of rotatable bonds is 3. The molecule has 0 aliphatic carbocycles. The van der Waals surface area contributed by atoms with E-state index in [2.05, 4.69) is 15.4 Å². The minimum absolute atomic E-state index is 0.0638. The van der Waals surface area contributed by atoms with Crippen LogP contribution < -0.4 is 5.32 Å². The number of nitrogens with one attached hydrogen (secondary N) is 1. The first-order chi connectivity index (χ1) is 9.19. The Bertz CT molecular complexity index is 647. The van der Waals surface area contributed by atoms with Crippen LogP contribution in [-0.4, -0.2) is 32.1 Å². The number of allylic oxidation sites excluding steroid dienone is 1. The van der Waals surface area contributed by atoms with Crippen molar-refractivity contribution in [2.75, 3.05) is 11.6 Å². The van der Waals surface area contributed by atoms with Crippen molar-refractivity contribution in [1.82, 2.24) is 14.8 Å². The maximum atomic E-state index is 11.1. The molecule has 2 aromatic rings. The zero-order valence-corrected chi connectivity index (χ0v) is 10.7. The van der Waals surface area contributed by atoms with Crippen molar-refractivity contribution in [3.8, 4) is 0 Å². The number of furan rings is 1. The van der Waals surface area contributed by atoms with Crippen molar-refractivity contribution < 1.29 is 14.3 Å². The number of aromatic nitrogens is 3. The van der Waals surface area contributed by atoms with E-state index in [0.29, 0.717) is 16.9 Å². The lowest BCUT2D eigenvalue weighted by Crippen LogP contribution is -2.24. The Balaban J connectivity index is 2.10. The van der Waals surface area contributed by atoms with E-state index in [4.69, 9.17) is 9.52 Å². The van der Waals surface area contributed by atoms with Crippen molar-refractivity contribution in [2.24, 2.45) is 0 Å². The van der Waals surface area contributed by atoms with E-state index in [-0.39, 0.29) is 5.70 Å². The molecule has 98 valence electrons. The molecule has 2 N–H and O–H groups in total. The monoisotopic (exact) mass is 278 g/mol. The molecular weight excluding hydrogens is 268 g/mol. The van der Waals surface area contributed by atoms with Crippen molar-refractivity contribution in [2.45, 2.75) is 11.2 Å². The fourth-order valence-corrected chi connectivity index (χ4v) is 2.19. The van der Waals surface area contributed by atoms with Gasteiger partial charge in [-0.25, -0.2) is 9.48 Å². The Hall–Kier alpha value is -2.22. The Morgan fingerprint density at radius 3 is 3.11 bits per heavy atom. The average Bonchev–Trinajstić information content (AvgIpc) is 3.05.